The molecule has 4 heteroatoms. The van der Waals surface area contributed by atoms with Crippen molar-refractivity contribution in [2.75, 3.05) is 11.9 Å². The lowest BCUT2D eigenvalue weighted by Gasteiger charge is -2.15. The largest absolute Gasteiger partial charge is 0.385 e. The standard InChI is InChI=1S/C15H21F2NS/c16-15(17)19-14-9-7-13(8-10-14)18-11-12-5-3-1-2-4-6-12/h7-10,12,15,18H,1-6,11H2. The van der Waals surface area contributed by atoms with E-state index < -0.39 is 5.76 Å². The van der Waals surface area contributed by atoms with Gasteiger partial charge < -0.3 is 5.32 Å². The molecule has 106 valence electrons. The Hall–Kier alpha value is -0.770. The van der Waals surface area contributed by atoms with E-state index in [1.807, 2.05) is 12.1 Å². The van der Waals surface area contributed by atoms with Gasteiger partial charge in [-0.15, -0.1) is 0 Å². The quantitative estimate of drug-likeness (QED) is 0.575. The number of hydrogen-bond donors (Lipinski definition) is 1. The summed E-state index contributed by atoms with van der Waals surface area (Å²) in [5.74, 6) is -1.58. The molecule has 1 aliphatic rings. The highest BCUT2D eigenvalue weighted by Gasteiger charge is 2.11. The number of alkyl halides is 2. The Labute approximate surface area is 118 Å². The molecule has 1 saturated carbocycles. The Kier molecular flexibility index (Phi) is 5.95. The molecule has 19 heavy (non-hydrogen) atoms. The Balaban J connectivity index is 1.78. The lowest BCUT2D eigenvalue weighted by atomic mass is 10.0. The third-order valence-corrected chi connectivity index (χ3v) is 4.37. The monoisotopic (exact) mass is 285 g/mol. The van der Waals surface area contributed by atoms with E-state index in [1.54, 1.807) is 12.1 Å². The van der Waals surface area contributed by atoms with Crippen LogP contribution in [0, 0.1) is 5.92 Å². The first-order chi connectivity index (χ1) is 9.24. The summed E-state index contributed by atoms with van der Waals surface area (Å²) < 4.78 is 24.4. The number of benzene rings is 1. The molecular weight excluding hydrogens is 264 g/mol. The van der Waals surface area contributed by atoms with Crippen LogP contribution in [0.3, 0.4) is 0 Å². The van der Waals surface area contributed by atoms with Gasteiger partial charge in [0.2, 0.25) is 0 Å². The molecule has 0 spiro atoms. The highest BCUT2D eigenvalue weighted by atomic mass is 32.2. The lowest BCUT2D eigenvalue weighted by molar-refractivity contribution is 0.252. The summed E-state index contributed by atoms with van der Waals surface area (Å²) in [6.07, 6.45) is 8.05. The van der Waals surface area contributed by atoms with E-state index in [4.69, 9.17) is 0 Å². The van der Waals surface area contributed by atoms with Crippen molar-refractivity contribution < 1.29 is 8.78 Å². The zero-order chi connectivity index (χ0) is 13.5. The van der Waals surface area contributed by atoms with Crippen LogP contribution in [0.2, 0.25) is 0 Å². The van der Waals surface area contributed by atoms with Crippen LogP contribution in [0.5, 0.6) is 0 Å². The summed E-state index contributed by atoms with van der Waals surface area (Å²) >= 11 is 0.595. The Bertz CT molecular complexity index is 359. The smallest absolute Gasteiger partial charge is 0.288 e. The average molecular weight is 285 g/mol. The van der Waals surface area contributed by atoms with Crippen LogP contribution >= 0.6 is 11.8 Å². The second-order valence-corrected chi connectivity index (χ2v) is 6.20. The minimum absolute atomic E-state index is 0.595. The molecular formula is C15H21F2NS. The number of anilines is 1. The molecule has 1 aromatic rings. The molecule has 0 aromatic heterocycles. The summed E-state index contributed by atoms with van der Waals surface area (Å²) in [7, 11) is 0. The molecule has 1 aromatic carbocycles. The molecule has 0 heterocycles. The number of hydrogen-bond acceptors (Lipinski definition) is 2. The minimum Gasteiger partial charge on any atom is -0.385 e. The molecule has 0 bridgehead atoms. The van der Waals surface area contributed by atoms with Crippen LogP contribution in [0.15, 0.2) is 29.2 Å². The average Bonchev–Trinajstić information content (AvgIpc) is 2.66. The van der Waals surface area contributed by atoms with Gasteiger partial charge in [0, 0.05) is 17.1 Å². The van der Waals surface area contributed by atoms with Crippen LogP contribution in [0.1, 0.15) is 38.5 Å². The van der Waals surface area contributed by atoms with Gasteiger partial charge >= 0.3 is 0 Å². The van der Waals surface area contributed by atoms with Crippen molar-refractivity contribution in [1.29, 1.82) is 0 Å². The van der Waals surface area contributed by atoms with Crippen molar-refractivity contribution in [1.82, 2.24) is 0 Å². The lowest BCUT2D eigenvalue weighted by Crippen LogP contribution is -2.13. The van der Waals surface area contributed by atoms with E-state index >= 15 is 0 Å². The van der Waals surface area contributed by atoms with Gasteiger partial charge in [-0.25, -0.2) is 0 Å². The van der Waals surface area contributed by atoms with Crippen LogP contribution < -0.4 is 5.32 Å². The van der Waals surface area contributed by atoms with Crippen molar-refractivity contribution in [3.8, 4) is 0 Å². The maximum atomic E-state index is 12.2. The maximum absolute atomic E-state index is 12.2. The number of nitrogens with one attached hydrogen (secondary N) is 1. The summed E-state index contributed by atoms with van der Waals surface area (Å²) in [5, 5.41) is 3.43. The van der Waals surface area contributed by atoms with Gasteiger partial charge in [-0.05, 0) is 43.0 Å². The van der Waals surface area contributed by atoms with Gasteiger partial charge in [0.15, 0.2) is 0 Å². The van der Waals surface area contributed by atoms with E-state index in [9.17, 15) is 8.78 Å². The summed E-state index contributed by atoms with van der Waals surface area (Å²) in [4.78, 5) is 0.620. The molecule has 1 N–H and O–H groups in total. The van der Waals surface area contributed by atoms with Crippen LogP contribution in [0.4, 0.5) is 14.5 Å². The van der Waals surface area contributed by atoms with Gasteiger partial charge in [-0.3, -0.25) is 0 Å². The Morgan fingerprint density at radius 3 is 2.26 bits per heavy atom. The zero-order valence-electron chi connectivity index (χ0n) is 11.1. The summed E-state index contributed by atoms with van der Waals surface area (Å²) in [6.45, 7) is 1.00. The number of halogens is 2. The van der Waals surface area contributed by atoms with E-state index in [0.29, 0.717) is 16.7 Å². The highest BCUT2D eigenvalue weighted by molar-refractivity contribution is 7.99. The molecule has 1 aliphatic carbocycles. The maximum Gasteiger partial charge on any atom is 0.288 e. The van der Waals surface area contributed by atoms with Gasteiger partial charge in [0.05, 0.1) is 0 Å². The molecule has 1 nitrogen and oxygen atoms in total. The molecule has 0 radical (unpaired) electrons. The van der Waals surface area contributed by atoms with Crippen molar-refractivity contribution >= 4 is 17.4 Å². The van der Waals surface area contributed by atoms with Gasteiger partial charge in [0.25, 0.3) is 5.76 Å². The number of rotatable bonds is 5. The SMILES string of the molecule is FC(F)Sc1ccc(NCC2CCCCCC2)cc1. The number of thioether (sulfide) groups is 1. The summed E-state index contributed by atoms with van der Waals surface area (Å²) in [5.41, 5.74) is 1.03. The minimum atomic E-state index is -2.34. The van der Waals surface area contributed by atoms with Crippen molar-refractivity contribution in [2.45, 2.75) is 49.2 Å². The third kappa shape index (κ3) is 5.39. The zero-order valence-corrected chi connectivity index (χ0v) is 11.9. The van der Waals surface area contributed by atoms with Crippen LogP contribution in [-0.4, -0.2) is 12.3 Å². The van der Waals surface area contributed by atoms with Gasteiger partial charge in [0.1, 0.15) is 0 Å². The Morgan fingerprint density at radius 1 is 1.05 bits per heavy atom. The molecule has 2 rings (SSSR count). The predicted octanol–water partition coefficient (Wildman–Crippen LogP) is 5.38. The molecule has 0 atom stereocenters. The first-order valence-corrected chi connectivity index (χ1v) is 7.91. The van der Waals surface area contributed by atoms with Crippen molar-refractivity contribution in [2.24, 2.45) is 5.92 Å². The first-order valence-electron chi connectivity index (χ1n) is 7.03. The molecule has 0 saturated heterocycles. The topological polar surface area (TPSA) is 12.0 Å². The fourth-order valence-corrected chi connectivity index (χ4v) is 3.08. The van der Waals surface area contributed by atoms with Gasteiger partial charge in [-0.2, -0.15) is 8.78 Å². The second kappa shape index (κ2) is 7.73. The normalized spacial score (nSPS) is 17.4. The fourth-order valence-electron chi connectivity index (χ4n) is 2.58. The van der Waals surface area contributed by atoms with E-state index in [1.165, 1.54) is 38.5 Å². The first kappa shape index (κ1) is 14.6. The third-order valence-electron chi connectivity index (χ3n) is 3.65. The molecule has 0 unspecified atom stereocenters. The van der Waals surface area contributed by atoms with E-state index in [0.717, 1.165) is 18.2 Å². The Morgan fingerprint density at radius 2 is 1.68 bits per heavy atom. The van der Waals surface area contributed by atoms with Crippen LogP contribution in [0.25, 0.3) is 0 Å². The van der Waals surface area contributed by atoms with E-state index in [2.05, 4.69) is 5.32 Å². The molecule has 0 aliphatic heterocycles. The van der Waals surface area contributed by atoms with Crippen molar-refractivity contribution in [3.05, 3.63) is 24.3 Å². The van der Waals surface area contributed by atoms with Gasteiger partial charge in [-0.1, -0.05) is 37.4 Å². The molecule has 1 fully saturated rings. The fraction of sp³-hybridized carbons (Fsp3) is 0.600. The van der Waals surface area contributed by atoms with E-state index in [-0.39, 0.29) is 0 Å². The second-order valence-electron chi connectivity index (χ2n) is 5.14. The van der Waals surface area contributed by atoms with Crippen molar-refractivity contribution in [3.63, 3.8) is 0 Å². The highest BCUT2D eigenvalue weighted by Crippen LogP contribution is 2.27. The molecule has 0 amide bonds. The predicted molar refractivity (Wildman–Crippen MR) is 78.0 cm³/mol. The summed E-state index contributed by atoms with van der Waals surface area (Å²) in [6, 6.07) is 7.29. The van der Waals surface area contributed by atoms with Crippen LogP contribution in [-0.2, 0) is 0 Å².